The maximum Gasteiger partial charge on any atom is 0.260 e. The number of hydrogen-bond donors (Lipinski definition) is 3. The second-order valence-electron chi connectivity index (χ2n) is 15.4. The van der Waals surface area contributed by atoms with Gasteiger partial charge in [0.15, 0.2) is 11.5 Å². The van der Waals surface area contributed by atoms with Crippen LogP contribution < -0.4 is 25.1 Å². The van der Waals surface area contributed by atoms with Gasteiger partial charge in [0.25, 0.3) is 11.8 Å². The third-order valence-corrected chi connectivity index (χ3v) is 13.0. The zero-order chi connectivity index (χ0) is 41.9. The van der Waals surface area contributed by atoms with Crippen LogP contribution in [0.5, 0.6) is 17.2 Å². The molecule has 11 nitrogen and oxygen atoms in total. The molecule has 5 aromatic rings. The number of carbonyl (C=O) groups excluding carboxylic acids is 4. The summed E-state index contributed by atoms with van der Waals surface area (Å²) in [5, 5.41) is 16.9. The first-order valence-electron chi connectivity index (χ1n) is 19.8. The van der Waals surface area contributed by atoms with Gasteiger partial charge < -0.3 is 19.9 Å². The minimum atomic E-state index is -1.65. The number of hydrazine groups is 1. The third-order valence-electron chi connectivity index (χ3n) is 12.4. The molecule has 60 heavy (non-hydrogen) atoms. The fourth-order valence-corrected chi connectivity index (χ4v) is 10.3. The number of benzene rings is 5. The van der Waals surface area contributed by atoms with Gasteiger partial charge in [0.1, 0.15) is 5.75 Å². The molecule has 4 aliphatic rings. The molecule has 6 atom stereocenters. The van der Waals surface area contributed by atoms with Gasteiger partial charge in [0, 0.05) is 27.9 Å². The largest absolute Gasteiger partial charge is 0.504 e. The number of phenolic OH excluding ortho intramolecular Hbond substituents is 1. The number of nitrogens with one attached hydrogen (secondary N) is 2. The van der Waals surface area contributed by atoms with Crippen LogP contribution in [-0.4, -0.2) is 47.5 Å². The molecule has 0 radical (unpaired) electrons. The molecule has 2 aliphatic heterocycles. The lowest BCUT2D eigenvalue weighted by Crippen LogP contribution is -2.53. The van der Waals surface area contributed by atoms with Crippen LogP contribution >= 0.6 is 23.2 Å². The lowest BCUT2D eigenvalue weighted by Gasteiger charge is -2.50. The summed E-state index contributed by atoms with van der Waals surface area (Å²) in [6, 6.07) is 33.5. The standard InChI is InChI=1S/C47H40Cl2N4O7/c1-3-60-39-11-7-10-34(42(39)54)41-32-21-22-33-40(45(57)52(43(33)55)30-17-15-29(16-18-30)50-28-8-5-4-6-9-28)35(32)25-36-44(56)53(51-38-23-14-27(48)24-37(38)49)46(58)47(36,41)26-12-19-31(59-2)20-13-26/h4-21,23-24,33,35-36,40-41,50-51,54H,3,22,25H2,1-2H3. The summed E-state index contributed by atoms with van der Waals surface area (Å²) in [6.07, 6.45) is 2.21. The number of para-hydroxylation sites is 2. The van der Waals surface area contributed by atoms with Crippen molar-refractivity contribution in [1.29, 1.82) is 0 Å². The molecule has 6 unspecified atom stereocenters. The number of amides is 4. The Bertz CT molecular complexity index is 2570. The van der Waals surface area contributed by atoms with Gasteiger partial charge >= 0.3 is 0 Å². The Morgan fingerprint density at radius 3 is 2.25 bits per heavy atom. The van der Waals surface area contributed by atoms with E-state index in [1.165, 1.54) is 18.1 Å². The summed E-state index contributed by atoms with van der Waals surface area (Å²) in [6.45, 7) is 2.06. The Hall–Kier alpha value is -6.30. The average molecular weight is 844 g/mol. The summed E-state index contributed by atoms with van der Waals surface area (Å²) in [4.78, 5) is 61.1. The van der Waals surface area contributed by atoms with Gasteiger partial charge in [-0.1, -0.05) is 77.3 Å². The van der Waals surface area contributed by atoms with Crippen molar-refractivity contribution in [3.8, 4) is 17.2 Å². The predicted octanol–water partition coefficient (Wildman–Crippen LogP) is 9.04. The Morgan fingerprint density at radius 1 is 0.817 bits per heavy atom. The minimum absolute atomic E-state index is 0.0609. The van der Waals surface area contributed by atoms with E-state index in [1.807, 2.05) is 48.5 Å². The van der Waals surface area contributed by atoms with Crippen LogP contribution in [-0.2, 0) is 24.6 Å². The lowest BCUT2D eigenvalue weighted by atomic mass is 9.49. The van der Waals surface area contributed by atoms with Crippen molar-refractivity contribution in [3.05, 3.63) is 148 Å². The molecule has 2 heterocycles. The molecule has 3 fully saturated rings. The molecule has 0 aromatic heterocycles. The molecule has 3 N–H and O–H groups in total. The summed E-state index contributed by atoms with van der Waals surface area (Å²) >= 11 is 12.8. The van der Waals surface area contributed by atoms with E-state index in [4.69, 9.17) is 32.7 Å². The summed E-state index contributed by atoms with van der Waals surface area (Å²) in [5.41, 5.74) is 5.27. The normalized spacial score (nSPS) is 24.4. The van der Waals surface area contributed by atoms with Crippen molar-refractivity contribution in [2.75, 3.05) is 29.4 Å². The fourth-order valence-electron chi connectivity index (χ4n) is 9.87. The van der Waals surface area contributed by atoms with Crippen LogP contribution in [0.15, 0.2) is 127 Å². The number of carbonyl (C=O) groups is 4. The number of fused-ring (bicyclic) bond motifs is 4. The topological polar surface area (TPSA) is 138 Å². The molecule has 304 valence electrons. The average Bonchev–Trinajstić information content (AvgIpc) is 3.64. The van der Waals surface area contributed by atoms with Gasteiger partial charge in [-0.25, -0.2) is 0 Å². The van der Waals surface area contributed by atoms with Crippen molar-refractivity contribution >= 4 is 69.6 Å². The molecule has 5 aromatic carbocycles. The van der Waals surface area contributed by atoms with Gasteiger partial charge in [-0.2, -0.15) is 5.01 Å². The van der Waals surface area contributed by atoms with Crippen LogP contribution in [0.3, 0.4) is 0 Å². The van der Waals surface area contributed by atoms with E-state index in [2.05, 4.69) is 10.7 Å². The van der Waals surface area contributed by atoms with Crippen molar-refractivity contribution in [2.45, 2.75) is 31.1 Å². The van der Waals surface area contributed by atoms with Crippen molar-refractivity contribution in [1.82, 2.24) is 5.01 Å². The first kappa shape index (κ1) is 39.2. The summed E-state index contributed by atoms with van der Waals surface area (Å²) in [5.74, 6) is -5.56. The smallest absolute Gasteiger partial charge is 0.260 e. The number of allylic oxidation sites excluding steroid dienone is 2. The van der Waals surface area contributed by atoms with E-state index in [9.17, 15) is 14.7 Å². The highest BCUT2D eigenvalue weighted by atomic mass is 35.5. The van der Waals surface area contributed by atoms with Crippen LogP contribution in [0.25, 0.3) is 0 Å². The Labute approximate surface area is 356 Å². The molecule has 13 heteroatoms. The number of ether oxygens (including phenoxy) is 2. The first-order chi connectivity index (χ1) is 29.1. The quantitative estimate of drug-likeness (QED) is 0.0929. The van der Waals surface area contributed by atoms with E-state index in [1.54, 1.807) is 73.7 Å². The number of phenols is 1. The van der Waals surface area contributed by atoms with Gasteiger partial charge in [0.05, 0.1) is 53.3 Å². The van der Waals surface area contributed by atoms with Crippen LogP contribution in [0.1, 0.15) is 36.8 Å². The zero-order valence-corrected chi connectivity index (χ0v) is 34.1. The third kappa shape index (κ3) is 6.18. The molecular formula is C47H40Cl2N4O7. The van der Waals surface area contributed by atoms with Crippen molar-refractivity contribution in [3.63, 3.8) is 0 Å². The molecule has 0 spiro atoms. The van der Waals surface area contributed by atoms with Gasteiger partial charge in [0.2, 0.25) is 11.8 Å². The number of rotatable bonds is 10. The first-order valence-corrected chi connectivity index (χ1v) is 20.5. The van der Waals surface area contributed by atoms with Gasteiger partial charge in [-0.15, -0.1) is 0 Å². The van der Waals surface area contributed by atoms with E-state index < -0.39 is 46.8 Å². The second-order valence-corrected chi connectivity index (χ2v) is 16.2. The predicted molar refractivity (Wildman–Crippen MR) is 229 cm³/mol. The van der Waals surface area contributed by atoms with E-state index in [-0.39, 0.29) is 53.5 Å². The molecule has 0 bridgehead atoms. The van der Waals surface area contributed by atoms with E-state index in [0.29, 0.717) is 33.2 Å². The number of halogens is 2. The minimum Gasteiger partial charge on any atom is -0.504 e. The summed E-state index contributed by atoms with van der Waals surface area (Å²) < 4.78 is 11.4. The van der Waals surface area contributed by atoms with Gasteiger partial charge in [-0.3, -0.25) is 29.5 Å². The fraction of sp³-hybridized carbons (Fsp3) is 0.234. The van der Waals surface area contributed by atoms with E-state index >= 15 is 9.59 Å². The molecule has 4 amide bonds. The number of imide groups is 2. The highest BCUT2D eigenvalue weighted by Gasteiger charge is 2.70. The molecule has 1 saturated carbocycles. The number of anilines is 4. The number of aromatic hydroxyl groups is 1. The zero-order valence-electron chi connectivity index (χ0n) is 32.6. The number of nitrogens with zero attached hydrogens (tertiary/aromatic N) is 2. The second kappa shape index (κ2) is 15.4. The summed E-state index contributed by atoms with van der Waals surface area (Å²) in [7, 11) is 1.54. The Kier molecular flexibility index (Phi) is 10.0. The SMILES string of the molecule is CCOc1cccc(C2C3=CCC4C(=O)N(c5ccc(Nc6ccccc6)cc5)C(=O)C4C3CC3C(=O)N(Nc4ccc(Cl)cc4Cl)C(=O)C32c2ccc(OC)cc2)c1O. The number of methoxy groups -OCH3 is 1. The van der Waals surface area contributed by atoms with E-state index in [0.717, 1.165) is 16.4 Å². The Balaban J connectivity index is 1.18. The maximum atomic E-state index is 15.6. The van der Waals surface area contributed by atoms with Crippen LogP contribution in [0.2, 0.25) is 10.0 Å². The highest BCUT2D eigenvalue weighted by molar-refractivity contribution is 6.36. The van der Waals surface area contributed by atoms with Crippen molar-refractivity contribution < 1.29 is 33.8 Å². The Morgan fingerprint density at radius 2 is 1.55 bits per heavy atom. The lowest BCUT2D eigenvalue weighted by molar-refractivity contribution is -0.138. The molecule has 2 saturated heterocycles. The number of hydrogen-bond acceptors (Lipinski definition) is 9. The molecular weight excluding hydrogens is 803 g/mol. The van der Waals surface area contributed by atoms with Crippen LogP contribution in [0.4, 0.5) is 22.7 Å². The van der Waals surface area contributed by atoms with Crippen LogP contribution in [0, 0.1) is 23.7 Å². The van der Waals surface area contributed by atoms with Crippen molar-refractivity contribution in [2.24, 2.45) is 23.7 Å². The molecule has 9 rings (SSSR count). The van der Waals surface area contributed by atoms with Gasteiger partial charge in [-0.05, 0) is 104 Å². The highest BCUT2D eigenvalue weighted by Crippen LogP contribution is 2.65. The monoisotopic (exact) mass is 842 g/mol. The molecule has 2 aliphatic carbocycles. The maximum absolute atomic E-state index is 15.6.